The summed E-state index contributed by atoms with van der Waals surface area (Å²) in [6.07, 6.45) is 2.01. The summed E-state index contributed by atoms with van der Waals surface area (Å²) in [6, 6.07) is 6.58. The number of rotatable bonds is 5. The van der Waals surface area contributed by atoms with E-state index in [-0.39, 0.29) is 5.56 Å². The van der Waals surface area contributed by atoms with Crippen LogP contribution in [0.25, 0.3) is 0 Å². The molecule has 0 aliphatic carbocycles. The maximum atomic E-state index is 11.2. The minimum absolute atomic E-state index is 0.142. The van der Waals surface area contributed by atoms with Crippen molar-refractivity contribution in [2.24, 2.45) is 0 Å². The second-order valence-corrected chi connectivity index (χ2v) is 5.00. The van der Waals surface area contributed by atoms with Crippen LogP contribution in [0.4, 0.5) is 0 Å². The van der Waals surface area contributed by atoms with Crippen molar-refractivity contribution in [2.75, 3.05) is 20.3 Å². The fourth-order valence-electron chi connectivity index (χ4n) is 2.47. The first kappa shape index (κ1) is 14.4. The van der Waals surface area contributed by atoms with Gasteiger partial charge in [0.25, 0.3) is 0 Å². The van der Waals surface area contributed by atoms with Crippen molar-refractivity contribution in [3.8, 4) is 0 Å². The van der Waals surface area contributed by atoms with Crippen molar-refractivity contribution in [1.82, 2.24) is 9.80 Å². The van der Waals surface area contributed by atoms with Crippen LogP contribution in [0.2, 0.25) is 0 Å². The molecular weight excluding hydrogens is 256 g/mol. The average Bonchev–Trinajstić information content (AvgIpc) is 2.79. The maximum absolute atomic E-state index is 11.2. The van der Waals surface area contributed by atoms with E-state index in [2.05, 4.69) is 11.8 Å². The lowest BCUT2D eigenvalue weighted by Crippen LogP contribution is -2.25. The van der Waals surface area contributed by atoms with Crippen molar-refractivity contribution in [1.29, 1.82) is 0 Å². The third kappa shape index (κ3) is 2.77. The lowest BCUT2D eigenvalue weighted by atomic mass is 10.0. The van der Waals surface area contributed by atoms with Crippen LogP contribution in [0, 0.1) is 0 Å². The van der Waals surface area contributed by atoms with Gasteiger partial charge in [-0.05, 0) is 12.5 Å². The van der Waals surface area contributed by atoms with Crippen molar-refractivity contribution in [3.63, 3.8) is 0 Å². The molecule has 108 valence electrons. The van der Waals surface area contributed by atoms with Crippen LogP contribution < -0.4 is 0 Å². The standard InChI is InChI=1S/C15H20N2O3/c1-3-8-17-9-13(16(2)10-17)14(18)11-6-4-5-7-12(11)15(19)20/h4-7,9,14,18H,3,8,10H2,1-2H3,(H,19,20). The van der Waals surface area contributed by atoms with E-state index in [0.29, 0.717) is 5.56 Å². The summed E-state index contributed by atoms with van der Waals surface area (Å²) in [6.45, 7) is 3.73. The smallest absolute Gasteiger partial charge is 0.336 e. The molecule has 1 aliphatic heterocycles. The molecule has 0 aromatic heterocycles. The molecule has 2 rings (SSSR count). The van der Waals surface area contributed by atoms with E-state index >= 15 is 0 Å². The number of hydrogen-bond acceptors (Lipinski definition) is 4. The molecule has 1 atom stereocenters. The predicted molar refractivity (Wildman–Crippen MR) is 76.1 cm³/mol. The number of likely N-dealkylation sites (N-methyl/N-ethyl adjacent to an activating group) is 1. The average molecular weight is 276 g/mol. The monoisotopic (exact) mass is 276 g/mol. The van der Waals surface area contributed by atoms with Gasteiger partial charge in [0.15, 0.2) is 0 Å². The number of benzene rings is 1. The predicted octanol–water partition coefficient (Wildman–Crippen LogP) is 1.87. The zero-order valence-electron chi connectivity index (χ0n) is 11.8. The van der Waals surface area contributed by atoms with E-state index in [1.165, 1.54) is 6.07 Å². The van der Waals surface area contributed by atoms with Gasteiger partial charge in [-0.25, -0.2) is 4.79 Å². The van der Waals surface area contributed by atoms with Gasteiger partial charge in [-0.1, -0.05) is 25.1 Å². The number of nitrogens with zero attached hydrogens (tertiary/aromatic N) is 2. The van der Waals surface area contributed by atoms with Crippen molar-refractivity contribution >= 4 is 5.97 Å². The molecule has 1 aromatic rings. The Bertz CT molecular complexity index is 528. The SMILES string of the molecule is CCCN1C=C(C(O)c2ccccc2C(=O)O)N(C)C1. The Kier molecular flexibility index (Phi) is 4.29. The van der Waals surface area contributed by atoms with E-state index in [1.807, 2.05) is 18.1 Å². The molecule has 0 amide bonds. The molecule has 2 N–H and O–H groups in total. The molecule has 0 saturated carbocycles. The number of aromatic carboxylic acids is 1. The number of carbonyl (C=O) groups is 1. The van der Waals surface area contributed by atoms with Crippen LogP contribution in [0.3, 0.4) is 0 Å². The second kappa shape index (κ2) is 5.96. The zero-order valence-corrected chi connectivity index (χ0v) is 11.8. The Morgan fingerprint density at radius 2 is 2.10 bits per heavy atom. The Balaban J connectivity index is 2.30. The van der Waals surface area contributed by atoms with Crippen LogP contribution in [0.15, 0.2) is 36.2 Å². The van der Waals surface area contributed by atoms with Gasteiger partial charge in [0, 0.05) is 25.4 Å². The Morgan fingerprint density at radius 1 is 1.40 bits per heavy atom. The molecular formula is C15H20N2O3. The first-order valence-corrected chi connectivity index (χ1v) is 6.71. The number of aliphatic hydroxyl groups is 1. The molecule has 5 heteroatoms. The Hall–Kier alpha value is -2.01. The highest BCUT2D eigenvalue weighted by atomic mass is 16.4. The third-order valence-electron chi connectivity index (χ3n) is 3.43. The molecule has 20 heavy (non-hydrogen) atoms. The lowest BCUT2D eigenvalue weighted by Gasteiger charge is -2.22. The summed E-state index contributed by atoms with van der Waals surface area (Å²) in [5.74, 6) is -1.02. The van der Waals surface area contributed by atoms with E-state index in [9.17, 15) is 15.0 Å². The van der Waals surface area contributed by atoms with E-state index < -0.39 is 12.1 Å². The van der Waals surface area contributed by atoms with Gasteiger partial charge in [0.05, 0.1) is 17.9 Å². The number of hydrogen-bond donors (Lipinski definition) is 2. The summed E-state index contributed by atoms with van der Waals surface area (Å²) >= 11 is 0. The molecule has 5 nitrogen and oxygen atoms in total. The normalized spacial score (nSPS) is 16.2. The Morgan fingerprint density at radius 3 is 2.75 bits per heavy atom. The first-order chi connectivity index (χ1) is 9.54. The molecule has 0 saturated heterocycles. The highest BCUT2D eigenvalue weighted by Crippen LogP contribution is 2.30. The molecule has 1 aromatic carbocycles. The fraction of sp³-hybridized carbons (Fsp3) is 0.400. The highest BCUT2D eigenvalue weighted by molar-refractivity contribution is 5.89. The lowest BCUT2D eigenvalue weighted by molar-refractivity contribution is 0.0690. The number of carboxylic acid groups (broad SMARTS) is 1. The summed E-state index contributed by atoms with van der Waals surface area (Å²) < 4.78 is 0. The molecule has 0 radical (unpaired) electrons. The first-order valence-electron chi connectivity index (χ1n) is 6.71. The zero-order chi connectivity index (χ0) is 14.7. The second-order valence-electron chi connectivity index (χ2n) is 5.00. The van der Waals surface area contributed by atoms with Crippen LogP contribution in [0.1, 0.15) is 35.4 Å². The van der Waals surface area contributed by atoms with Crippen LogP contribution >= 0.6 is 0 Å². The van der Waals surface area contributed by atoms with Gasteiger partial charge < -0.3 is 20.0 Å². The molecule has 0 fully saturated rings. The van der Waals surface area contributed by atoms with Crippen LogP contribution in [0.5, 0.6) is 0 Å². The van der Waals surface area contributed by atoms with E-state index in [1.54, 1.807) is 18.2 Å². The van der Waals surface area contributed by atoms with Gasteiger partial charge >= 0.3 is 5.97 Å². The van der Waals surface area contributed by atoms with Gasteiger partial charge in [0.2, 0.25) is 0 Å². The third-order valence-corrected chi connectivity index (χ3v) is 3.43. The van der Waals surface area contributed by atoms with Crippen molar-refractivity contribution in [3.05, 3.63) is 47.3 Å². The highest BCUT2D eigenvalue weighted by Gasteiger charge is 2.26. The molecule has 1 unspecified atom stereocenters. The van der Waals surface area contributed by atoms with Gasteiger partial charge in [-0.2, -0.15) is 0 Å². The van der Waals surface area contributed by atoms with Gasteiger partial charge in [-0.15, -0.1) is 0 Å². The number of carboxylic acids is 1. The largest absolute Gasteiger partial charge is 0.478 e. The fourth-order valence-corrected chi connectivity index (χ4v) is 2.47. The quantitative estimate of drug-likeness (QED) is 0.859. The minimum Gasteiger partial charge on any atom is -0.478 e. The summed E-state index contributed by atoms with van der Waals surface area (Å²) in [5, 5.41) is 19.7. The Labute approximate surface area is 118 Å². The minimum atomic E-state index is -1.02. The van der Waals surface area contributed by atoms with Crippen molar-refractivity contribution in [2.45, 2.75) is 19.4 Å². The molecule has 1 aliphatic rings. The number of aliphatic hydroxyl groups excluding tert-OH is 1. The summed E-state index contributed by atoms with van der Waals surface area (Å²) in [5.41, 5.74) is 1.30. The molecule has 0 spiro atoms. The van der Waals surface area contributed by atoms with E-state index in [0.717, 1.165) is 25.3 Å². The topological polar surface area (TPSA) is 64.0 Å². The summed E-state index contributed by atoms with van der Waals surface area (Å²) in [4.78, 5) is 15.3. The molecule has 1 heterocycles. The summed E-state index contributed by atoms with van der Waals surface area (Å²) in [7, 11) is 1.90. The van der Waals surface area contributed by atoms with Crippen molar-refractivity contribution < 1.29 is 15.0 Å². The van der Waals surface area contributed by atoms with Gasteiger partial charge in [-0.3, -0.25) is 0 Å². The van der Waals surface area contributed by atoms with Crippen LogP contribution in [-0.4, -0.2) is 46.2 Å². The maximum Gasteiger partial charge on any atom is 0.336 e. The molecule has 0 bridgehead atoms. The van der Waals surface area contributed by atoms with Crippen LogP contribution in [-0.2, 0) is 0 Å². The van der Waals surface area contributed by atoms with Gasteiger partial charge in [0.1, 0.15) is 6.10 Å². The van der Waals surface area contributed by atoms with E-state index in [4.69, 9.17) is 0 Å².